The summed E-state index contributed by atoms with van der Waals surface area (Å²) in [5, 5.41) is 6.50. The molecule has 0 saturated carbocycles. The molecule has 0 fully saturated rings. The minimum atomic E-state index is -0.571. The number of nitrogens with zero attached hydrogens (tertiary/aromatic N) is 2. The number of nitrogens with two attached hydrogens (primary N) is 1. The third-order valence-corrected chi connectivity index (χ3v) is 3.37. The van der Waals surface area contributed by atoms with E-state index >= 15 is 0 Å². The molecule has 0 aliphatic rings. The number of ether oxygens (including phenoxy) is 1. The summed E-state index contributed by atoms with van der Waals surface area (Å²) < 4.78 is 9.23. The van der Waals surface area contributed by atoms with Crippen LogP contribution in [-0.4, -0.2) is 29.1 Å². The van der Waals surface area contributed by atoms with Crippen molar-refractivity contribution in [2.75, 3.05) is 24.4 Å². The van der Waals surface area contributed by atoms with E-state index in [1.54, 1.807) is 19.2 Å². The molecule has 21 heavy (non-hydrogen) atoms. The molecule has 8 heteroatoms. The van der Waals surface area contributed by atoms with Gasteiger partial charge < -0.3 is 21.1 Å². The number of carbonyl (C=O) groups is 1. The predicted octanol–water partition coefficient (Wildman–Crippen LogP) is 1.83. The fraction of sp³-hybridized carbons (Fsp3) is 0.308. The summed E-state index contributed by atoms with van der Waals surface area (Å²) >= 11 is 1.33. The molecular weight excluding hydrogens is 290 g/mol. The third-order valence-electron chi connectivity index (χ3n) is 2.66. The maximum absolute atomic E-state index is 10.7. The Kier molecular flexibility index (Phi) is 5.47. The van der Waals surface area contributed by atoms with Crippen LogP contribution < -0.4 is 16.4 Å². The summed E-state index contributed by atoms with van der Waals surface area (Å²) in [6.45, 7) is 1.25. The Labute approximate surface area is 126 Å². The van der Waals surface area contributed by atoms with Crippen LogP contribution in [0.25, 0.3) is 0 Å². The molecule has 0 aliphatic carbocycles. The summed E-state index contributed by atoms with van der Waals surface area (Å²) in [7, 11) is 1.66. The average Bonchev–Trinajstić information content (AvgIpc) is 2.92. The van der Waals surface area contributed by atoms with Gasteiger partial charge in [0, 0.05) is 37.3 Å². The maximum atomic E-state index is 10.7. The Hall–Kier alpha value is -2.19. The molecule has 0 spiro atoms. The Balaban J connectivity index is 1.84. The number of urea groups is 1. The number of hydrogen-bond donors (Lipinski definition) is 3. The minimum absolute atomic E-state index is 0.571. The summed E-state index contributed by atoms with van der Waals surface area (Å²) in [4.78, 5) is 15.1. The highest BCUT2D eigenvalue weighted by Gasteiger charge is 2.03. The van der Waals surface area contributed by atoms with Gasteiger partial charge in [-0.15, -0.1) is 0 Å². The number of primary amides is 1. The van der Waals surface area contributed by atoms with Crippen LogP contribution in [-0.2, 0) is 17.7 Å². The molecule has 1 aromatic carbocycles. The van der Waals surface area contributed by atoms with Crippen LogP contribution in [0.1, 0.15) is 11.4 Å². The fourth-order valence-electron chi connectivity index (χ4n) is 1.65. The van der Waals surface area contributed by atoms with E-state index in [2.05, 4.69) is 20.0 Å². The molecule has 0 aliphatic heterocycles. The molecule has 112 valence electrons. The van der Waals surface area contributed by atoms with Crippen LogP contribution in [0.4, 0.5) is 15.6 Å². The van der Waals surface area contributed by atoms with Gasteiger partial charge in [0.15, 0.2) is 0 Å². The highest BCUT2D eigenvalue weighted by atomic mass is 32.1. The summed E-state index contributed by atoms with van der Waals surface area (Å²) in [5.74, 6) is 0.783. The van der Waals surface area contributed by atoms with Gasteiger partial charge in [-0.25, -0.2) is 9.78 Å². The van der Waals surface area contributed by atoms with Crippen LogP contribution in [0.15, 0.2) is 24.3 Å². The smallest absolute Gasteiger partial charge is 0.316 e. The molecule has 2 rings (SSSR count). The van der Waals surface area contributed by atoms with Gasteiger partial charge in [-0.05, 0) is 17.7 Å². The number of aromatic nitrogens is 2. The van der Waals surface area contributed by atoms with Crippen molar-refractivity contribution in [3.8, 4) is 0 Å². The van der Waals surface area contributed by atoms with Crippen molar-refractivity contribution in [1.29, 1.82) is 0 Å². The maximum Gasteiger partial charge on any atom is 0.316 e. The van der Waals surface area contributed by atoms with Crippen LogP contribution in [0.3, 0.4) is 0 Å². The Bertz CT molecular complexity index is 585. The van der Waals surface area contributed by atoms with Crippen LogP contribution in [0.2, 0.25) is 0 Å². The zero-order chi connectivity index (χ0) is 15.1. The van der Waals surface area contributed by atoms with Crippen molar-refractivity contribution in [3.05, 3.63) is 35.7 Å². The lowest BCUT2D eigenvalue weighted by Gasteiger charge is -2.05. The minimum Gasteiger partial charge on any atom is -0.384 e. The number of amides is 2. The van der Waals surface area contributed by atoms with Gasteiger partial charge >= 0.3 is 6.03 Å². The van der Waals surface area contributed by atoms with Gasteiger partial charge in [-0.3, -0.25) is 0 Å². The van der Waals surface area contributed by atoms with E-state index in [1.807, 2.05) is 12.1 Å². The molecule has 7 nitrogen and oxygen atoms in total. The highest BCUT2D eigenvalue weighted by molar-refractivity contribution is 7.09. The molecule has 1 aromatic heterocycles. The van der Waals surface area contributed by atoms with E-state index < -0.39 is 6.03 Å². The zero-order valence-electron chi connectivity index (χ0n) is 11.6. The van der Waals surface area contributed by atoms with E-state index in [9.17, 15) is 4.79 Å². The average molecular weight is 307 g/mol. The van der Waals surface area contributed by atoms with Crippen molar-refractivity contribution in [3.63, 3.8) is 0 Å². The third kappa shape index (κ3) is 5.01. The topological polar surface area (TPSA) is 102 Å². The van der Waals surface area contributed by atoms with Crippen molar-refractivity contribution in [2.45, 2.75) is 13.0 Å². The number of anilines is 2. The largest absolute Gasteiger partial charge is 0.384 e. The van der Waals surface area contributed by atoms with E-state index in [-0.39, 0.29) is 0 Å². The Morgan fingerprint density at radius 1 is 1.38 bits per heavy atom. The van der Waals surface area contributed by atoms with Gasteiger partial charge in [0.1, 0.15) is 5.82 Å². The molecular formula is C13H17N5O2S. The van der Waals surface area contributed by atoms with Gasteiger partial charge in [-0.2, -0.15) is 4.37 Å². The van der Waals surface area contributed by atoms with E-state index in [0.29, 0.717) is 25.3 Å². The second kappa shape index (κ2) is 7.55. The standard InChI is InChI=1S/C13H17N5O2S/c1-20-7-6-11-17-13(21-18-11)15-8-9-2-4-10(5-3-9)16-12(14)19/h2-5H,6-8H2,1H3,(H3,14,16,19)(H,15,17,18). The SMILES string of the molecule is COCCc1nsc(NCc2ccc(NC(N)=O)cc2)n1. The van der Waals surface area contributed by atoms with Crippen molar-refractivity contribution >= 4 is 28.4 Å². The van der Waals surface area contributed by atoms with Crippen molar-refractivity contribution in [1.82, 2.24) is 9.36 Å². The predicted molar refractivity (Wildman–Crippen MR) is 82.5 cm³/mol. The van der Waals surface area contributed by atoms with Crippen molar-refractivity contribution in [2.24, 2.45) is 5.73 Å². The number of benzene rings is 1. The first-order valence-corrected chi connectivity index (χ1v) is 7.15. The monoisotopic (exact) mass is 307 g/mol. The number of nitrogens with one attached hydrogen (secondary N) is 2. The molecule has 0 unspecified atom stereocenters. The summed E-state index contributed by atoms with van der Waals surface area (Å²) in [5.41, 5.74) is 6.79. The lowest BCUT2D eigenvalue weighted by atomic mass is 10.2. The molecule has 0 saturated heterocycles. The fourth-order valence-corrected chi connectivity index (χ4v) is 2.25. The lowest BCUT2D eigenvalue weighted by Crippen LogP contribution is -2.19. The molecule has 0 atom stereocenters. The van der Waals surface area contributed by atoms with Crippen LogP contribution >= 0.6 is 11.5 Å². The number of carbonyl (C=O) groups excluding carboxylic acids is 1. The number of rotatable bonds is 7. The first-order valence-electron chi connectivity index (χ1n) is 6.38. The lowest BCUT2D eigenvalue weighted by molar-refractivity contribution is 0.201. The first-order chi connectivity index (χ1) is 10.2. The van der Waals surface area contributed by atoms with E-state index in [0.717, 1.165) is 16.5 Å². The molecule has 0 radical (unpaired) electrons. The van der Waals surface area contributed by atoms with E-state index in [1.165, 1.54) is 11.5 Å². The second-order valence-electron chi connectivity index (χ2n) is 4.30. The van der Waals surface area contributed by atoms with Gasteiger partial charge in [-0.1, -0.05) is 12.1 Å². The Morgan fingerprint density at radius 3 is 2.81 bits per heavy atom. The van der Waals surface area contributed by atoms with Crippen LogP contribution in [0, 0.1) is 0 Å². The second-order valence-corrected chi connectivity index (χ2v) is 5.05. The van der Waals surface area contributed by atoms with Gasteiger partial charge in [0.25, 0.3) is 0 Å². The highest BCUT2D eigenvalue weighted by Crippen LogP contribution is 2.14. The number of methoxy groups -OCH3 is 1. The van der Waals surface area contributed by atoms with Gasteiger partial charge in [0.2, 0.25) is 5.13 Å². The first kappa shape index (κ1) is 15.2. The van der Waals surface area contributed by atoms with E-state index in [4.69, 9.17) is 10.5 Å². The summed E-state index contributed by atoms with van der Waals surface area (Å²) in [6, 6.07) is 6.84. The summed E-state index contributed by atoms with van der Waals surface area (Å²) in [6.07, 6.45) is 0.710. The normalized spacial score (nSPS) is 10.3. The zero-order valence-corrected chi connectivity index (χ0v) is 12.4. The molecule has 1 heterocycles. The Morgan fingerprint density at radius 2 is 2.14 bits per heavy atom. The quantitative estimate of drug-likeness (QED) is 0.724. The molecule has 2 amide bonds. The molecule has 2 aromatic rings. The number of hydrogen-bond acceptors (Lipinski definition) is 6. The molecule has 0 bridgehead atoms. The molecule has 4 N–H and O–H groups in total. The van der Waals surface area contributed by atoms with Crippen LogP contribution in [0.5, 0.6) is 0 Å². The van der Waals surface area contributed by atoms with Crippen molar-refractivity contribution < 1.29 is 9.53 Å². The van der Waals surface area contributed by atoms with Gasteiger partial charge in [0.05, 0.1) is 6.61 Å².